The van der Waals surface area contributed by atoms with E-state index in [9.17, 15) is 18.3 Å². The number of aliphatic hydroxyl groups excluding tert-OH is 1. The number of aromatic nitrogens is 4. The van der Waals surface area contributed by atoms with Gasteiger partial charge in [-0.15, -0.1) is 0 Å². The Bertz CT molecular complexity index is 1360. The van der Waals surface area contributed by atoms with Crippen LogP contribution in [0.25, 0.3) is 22.2 Å². The van der Waals surface area contributed by atoms with E-state index in [4.69, 9.17) is 4.74 Å². The van der Waals surface area contributed by atoms with Crippen molar-refractivity contribution in [3.63, 3.8) is 0 Å². The number of nitrogens with zero attached hydrogens (tertiary/aromatic N) is 6. The van der Waals surface area contributed by atoms with Crippen molar-refractivity contribution in [2.45, 2.75) is 12.9 Å². The normalized spacial score (nSPS) is 11.8. The molecule has 4 aromatic rings. The second-order valence-corrected chi connectivity index (χ2v) is 8.71. The number of likely N-dealkylation sites (N-methyl/N-ethyl adjacent to an activating group) is 2. The number of benzene rings is 1. The highest BCUT2D eigenvalue weighted by atomic mass is 19.4. The zero-order chi connectivity index (χ0) is 26.6. The van der Waals surface area contributed by atoms with Gasteiger partial charge in [-0.2, -0.15) is 18.2 Å². The fourth-order valence-electron chi connectivity index (χ4n) is 3.72. The molecule has 4 rings (SSSR count). The molecule has 3 aromatic heterocycles. The zero-order valence-electron chi connectivity index (χ0n) is 20.7. The van der Waals surface area contributed by atoms with Gasteiger partial charge in [0.15, 0.2) is 6.61 Å². The predicted octanol–water partition coefficient (Wildman–Crippen LogP) is 4.13. The zero-order valence-corrected chi connectivity index (χ0v) is 20.7. The molecule has 37 heavy (non-hydrogen) atoms. The lowest BCUT2D eigenvalue weighted by atomic mass is 10.1. The topological polar surface area (TPSA) is 91.6 Å². The number of hydrogen-bond acceptors (Lipinski definition) is 8. The van der Waals surface area contributed by atoms with Gasteiger partial charge in [0.25, 0.3) is 0 Å². The Balaban J connectivity index is 1.64. The average Bonchev–Trinajstić information content (AvgIpc) is 3.25. The third kappa shape index (κ3) is 6.46. The van der Waals surface area contributed by atoms with Crippen LogP contribution >= 0.6 is 0 Å². The van der Waals surface area contributed by atoms with Crippen LogP contribution in [-0.2, 0) is 6.73 Å². The number of ether oxygens (including phenoxy) is 1. The fraction of sp³-hybridized carbons (Fsp3) is 0.320. The van der Waals surface area contributed by atoms with E-state index < -0.39 is 12.8 Å². The van der Waals surface area contributed by atoms with E-state index in [0.29, 0.717) is 18.1 Å². The summed E-state index contributed by atoms with van der Waals surface area (Å²) in [6, 6.07) is 12.6. The highest BCUT2D eigenvalue weighted by molar-refractivity contribution is 5.95. The number of nitrogens with one attached hydrogen (secondary N) is 1. The molecule has 12 heteroatoms. The van der Waals surface area contributed by atoms with E-state index in [1.54, 1.807) is 35.2 Å². The summed E-state index contributed by atoms with van der Waals surface area (Å²) in [4.78, 5) is 16.9. The van der Waals surface area contributed by atoms with Gasteiger partial charge in [-0.05, 0) is 38.4 Å². The molecule has 9 nitrogen and oxygen atoms in total. The van der Waals surface area contributed by atoms with E-state index in [0.717, 1.165) is 23.0 Å². The third-order valence-electron chi connectivity index (χ3n) is 5.61. The van der Waals surface area contributed by atoms with E-state index in [1.807, 2.05) is 55.2 Å². The predicted molar refractivity (Wildman–Crippen MR) is 136 cm³/mol. The van der Waals surface area contributed by atoms with Gasteiger partial charge in [0, 0.05) is 43.5 Å². The van der Waals surface area contributed by atoms with Crippen molar-refractivity contribution in [3.8, 4) is 17.1 Å². The van der Waals surface area contributed by atoms with Crippen LogP contribution < -0.4 is 15.0 Å². The number of para-hydroxylation sites is 1. The van der Waals surface area contributed by atoms with Gasteiger partial charge in [-0.25, -0.2) is 9.97 Å². The molecule has 0 aliphatic rings. The lowest BCUT2D eigenvalue weighted by molar-refractivity contribution is -0.153. The second kappa shape index (κ2) is 11.0. The number of pyridine rings is 1. The summed E-state index contributed by atoms with van der Waals surface area (Å²) in [5.41, 5.74) is 2.39. The van der Waals surface area contributed by atoms with Crippen LogP contribution in [0.15, 0.2) is 54.9 Å². The summed E-state index contributed by atoms with van der Waals surface area (Å²) in [5, 5.41) is 13.6. The first kappa shape index (κ1) is 26.2. The summed E-state index contributed by atoms with van der Waals surface area (Å²) < 4.78 is 45.6. The van der Waals surface area contributed by atoms with Crippen molar-refractivity contribution in [1.82, 2.24) is 24.4 Å². The SMILES string of the molecule is CN(C)CCN(C)c1ccc(Nc2nccc(-c3cn(CO)c4ccccc34)n2)c(OCC(F)(F)F)n1. The third-order valence-corrected chi connectivity index (χ3v) is 5.61. The number of halogens is 3. The largest absolute Gasteiger partial charge is 0.466 e. The standard InChI is InChI=1S/C25H28F3N7O2/c1-33(2)12-13-34(3)22-9-8-20(23(32-22)37-15-25(26,27)28)31-24-29-11-10-19(30-24)18-14-35(16-36)21-7-5-4-6-17(18)21/h4-11,14,36H,12-13,15-16H2,1-3H3,(H,29,30,31). The van der Waals surface area contributed by atoms with Crippen LogP contribution in [0.1, 0.15) is 0 Å². The first-order valence-corrected chi connectivity index (χ1v) is 11.5. The summed E-state index contributed by atoms with van der Waals surface area (Å²) in [7, 11) is 5.67. The van der Waals surface area contributed by atoms with Crippen molar-refractivity contribution in [3.05, 3.63) is 54.9 Å². The minimum atomic E-state index is -4.52. The van der Waals surface area contributed by atoms with Crippen molar-refractivity contribution in [2.24, 2.45) is 0 Å². The monoisotopic (exact) mass is 515 g/mol. The van der Waals surface area contributed by atoms with Gasteiger partial charge in [0.1, 0.15) is 18.2 Å². The molecule has 0 saturated carbocycles. The van der Waals surface area contributed by atoms with Crippen LogP contribution in [0.5, 0.6) is 5.88 Å². The average molecular weight is 516 g/mol. The minimum Gasteiger partial charge on any atom is -0.466 e. The molecular formula is C25H28F3N7O2. The Morgan fingerprint density at radius 1 is 1.03 bits per heavy atom. The van der Waals surface area contributed by atoms with Crippen LogP contribution in [0, 0.1) is 0 Å². The maximum Gasteiger partial charge on any atom is 0.422 e. The summed E-state index contributed by atoms with van der Waals surface area (Å²) in [5.74, 6) is 0.416. The molecule has 0 bridgehead atoms. The number of anilines is 3. The number of aliphatic hydroxyl groups is 1. The van der Waals surface area contributed by atoms with Gasteiger partial charge in [0.05, 0.1) is 11.2 Å². The summed E-state index contributed by atoms with van der Waals surface area (Å²) in [6.45, 7) is -0.318. The van der Waals surface area contributed by atoms with E-state index in [2.05, 4.69) is 20.3 Å². The lowest BCUT2D eigenvalue weighted by Gasteiger charge is -2.22. The molecule has 196 valence electrons. The van der Waals surface area contributed by atoms with E-state index in [1.165, 1.54) is 0 Å². The van der Waals surface area contributed by atoms with E-state index in [-0.39, 0.29) is 24.2 Å². The van der Waals surface area contributed by atoms with Crippen molar-refractivity contribution in [2.75, 3.05) is 51.1 Å². The molecule has 0 amide bonds. The van der Waals surface area contributed by atoms with Crippen LogP contribution in [0.4, 0.5) is 30.6 Å². The molecule has 1 aromatic carbocycles. The Kier molecular flexibility index (Phi) is 7.79. The molecule has 0 saturated heterocycles. The Morgan fingerprint density at radius 2 is 1.81 bits per heavy atom. The molecule has 2 N–H and O–H groups in total. The number of hydrogen-bond donors (Lipinski definition) is 2. The van der Waals surface area contributed by atoms with Gasteiger partial charge < -0.3 is 29.5 Å². The minimum absolute atomic E-state index is 0.158. The van der Waals surface area contributed by atoms with Gasteiger partial charge in [0.2, 0.25) is 11.8 Å². The summed E-state index contributed by atoms with van der Waals surface area (Å²) in [6.07, 6.45) is -1.19. The molecule has 0 spiro atoms. The fourth-order valence-corrected chi connectivity index (χ4v) is 3.72. The molecule has 0 aliphatic carbocycles. The van der Waals surface area contributed by atoms with Crippen molar-refractivity contribution < 1.29 is 23.0 Å². The van der Waals surface area contributed by atoms with Gasteiger partial charge in [-0.1, -0.05) is 18.2 Å². The molecular weight excluding hydrogens is 487 g/mol. The number of fused-ring (bicyclic) bond motifs is 1. The quantitative estimate of drug-likeness (QED) is 0.326. The maximum absolute atomic E-state index is 12.9. The first-order valence-electron chi connectivity index (χ1n) is 11.5. The Hall–Kier alpha value is -3.90. The maximum atomic E-state index is 12.9. The summed E-state index contributed by atoms with van der Waals surface area (Å²) >= 11 is 0. The molecule has 0 aliphatic heterocycles. The second-order valence-electron chi connectivity index (χ2n) is 8.71. The molecule has 3 heterocycles. The number of rotatable bonds is 10. The lowest BCUT2D eigenvalue weighted by Crippen LogP contribution is -2.29. The van der Waals surface area contributed by atoms with Crippen LogP contribution in [0.2, 0.25) is 0 Å². The first-order chi connectivity index (χ1) is 17.6. The van der Waals surface area contributed by atoms with Gasteiger partial charge in [-0.3, -0.25) is 0 Å². The van der Waals surface area contributed by atoms with Crippen molar-refractivity contribution in [1.29, 1.82) is 0 Å². The van der Waals surface area contributed by atoms with Crippen LogP contribution in [-0.4, -0.2) is 76.5 Å². The highest BCUT2D eigenvalue weighted by Crippen LogP contribution is 2.32. The van der Waals surface area contributed by atoms with E-state index >= 15 is 0 Å². The molecule has 0 atom stereocenters. The molecule has 0 fully saturated rings. The Labute approximate surface area is 212 Å². The van der Waals surface area contributed by atoms with Crippen LogP contribution in [0.3, 0.4) is 0 Å². The Morgan fingerprint density at radius 3 is 2.54 bits per heavy atom. The van der Waals surface area contributed by atoms with Gasteiger partial charge >= 0.3 is 6.18 Å². The molecule has 0 unspecified atom stereocenters. The van der Waals surface area contributed by atoms with Crippen molar-refractivity contribution >= 4 is 28.4 Å². The highest BCUT2D eigenvalue weighted by Gasteiger charge is 2.29. The number of alkyl halides is 3. The molecule has 0 radical (unpaired) electrons. The smallest absolute Gasteiger partial charge is 0.422 e.